The summed E-state index contributed by atoms with van der Waals surface area (Å²) in [6.45, 7) is 7.24. The third kappa shape index (κ3) is 8.01. The fourth-order valence-electron chi connectivity index (χ4n) is 5.97. The standard InChI is InChI=1S/C28H47N3O4S/c1-21-17-27(35-5)18-22(2)28(21)36(33,34)31(4)16-13-26(32)19-24-10-8-23(9-11-24)12-14-29-25-7-6-15-30(3)20-25/h17-18,23-25,29H,6-16,19-20H2,1-5H3. The highest BCUT2D eigenvalue weighted by Crippen LogP contribution is 2.33. The number of hydrogen-bond acceptors (Lipinski definition) is 6. The van der Waals surface area contributed by atoms with Gasteiger partial charge >= 0.3 is 0 Å². The first kappa shape index (κ1) is 29.1. The van der Waals surface area contributed by atoms with Gasteiger partial charge in [0.15, 0.2) is 0 Å². The lowest BCUT2D eigenvalue weighted by atomic mass is 9.78. The van der Waals surface area contributed by atoms with Crippen LogP contribution in [0.2, 0.25) is 0 Å². The van der Waals surface area contributed by atoms with Crippen molar-refractivity contribution >= 4 is 15.8 Å². The Balaban J connectivity index is 1.38. The van der Waals surface area contributed by atoms with Gasteiger partial charge in [0, 0.05) is 39.0 Å². The van der Waals surface area contributed by atoms with E-state index in [0.29, 0.717) is 40.2 Å². The number of ether oxygens (including phenoxy) is 1. The molecule has 1 aliphatic heterocycles. The van der Waals surface area contributed by atoms with Crippen molar-refractivity contribution in [2.24, 2.45) is 11.8 Å². The van der Waals surface area contributed by atoms with E-state index in [1.165, 1.54) is 43.0 Å². The van der Waals surface area contributed by atoms with E-state index in [9.17, 15) is 13.2 Å². The molecule has 1 heterocycles. The maximum atomic E-state index is 13.2. The average molecular weight is 522 g/mol. The van der Waals surface area contributed by atoms with Gasteiger partial charge in [-0.15, -0.1) is 0 Å². The Morgan fingerprint density at radius 3 is 2.36 bits per heavy atom. The number of hydrogen-bond donors (Lipinski definition) is 1. The van der Waals surface area contributed by atoms with Crippen molar-refractivity contribution in [2.75, 3.05) is 47.4 Å². The number of carbonyl (C=O) groups excluding carboxylic acids is 1. The maximum Gasteiger partial charge on any atom is 0.243 e. The van der Waals surface area contributed by atoms with Crippen molar-refractivity contribution in [1.82, 2.24) is 14.5 Å². The fraction of sp³-hybridized carbons (Fsp3) is 0.750. The second-order valence-corrected chi connectivity index (χ2v) is 13.1. The lowest BCUT2D eigenvalue weighted by molar-refractivity contribution is -0.120. The molecule has 0 spiro atoms. The average Bonchev–Trinajstić information content (AvgIpc) is 2.83. The van der Waals surface area contributed by atoms with Crippen LogP contribution in [0.5, 0.6) is 5.75 Å². The first-order valence-corrected chi connectivity index (χ1v) is 15.1. The molecule has 204 valence electrons. The topological polar surface area (TPSA) is 79.0 Å². The van der Waals surface area contributed by atoms with Crippen LogP contribution in [0.1, 0.15) is 68.9 Å². The first-order valence-electron chi connectivity index (χ1n) is 13.6. The zero-order chi connectivity index (χ0) is 26.3. The number of benzene rings is 1. The van der Waals surface area contributed by atoms with Crippen molar-refractivity contribution in [1.29, 1.82) is 0 Å². The number of carbonyl (C=O) groups is 1. The smallest absolute Gasteiger partial charge is 0.243 e. The van der Waals surface area contributed by atoms with Crippen LogP contribution >= 0.6 is 0 Å². The number of aryl methyl sites for hydroxylation is 2. The SMILES string of the molecule is COc1cc(C)c(S(=O)(=O)N(C)CCC(=O)CC2CCC(CCNC3CCCN(C)C3)CC2)c(C)c1. The Kier molecular flexibility index (Phi) is 10.8. The summed E-state index contributed by atoms with van der Waals surface area (Å²) in [7, 11) is 1.68. The third-order valence-corrected chi connectivity index (χ3v) is 10.3. The van der Waals surface area contributed by atoms with E-state index in [4.69, 9.17) is 4.74 Å². The highest BCUT2D eigenvalue weighted by Gasteiger charge is 2.27. The highest BCUT2D eigenvalue weighted by atomic mass is 32.2. The zero-order valence-electron chi connectivity index (χ0n) is 23.0. The maximum absolute atomic E-state index is 13.2. The molecule has 2 aliphatic rings. The highest BCUT2D eigenvalue weighted by molar-refractivity contribution is 7.89. The number of likely N-dealkylation sites (tertiary alicyclic amines) is 1. The van der Waals surface area contributed by atoms with Crippen molar-refractivity contribution in [3.8, 4) is 5.75 Å². The summed E-state index contributed by atoms with van der Waals surface area (Å²) < 4.78 is 32.9. The van der Waals surface area contributed by atoms with Gasteiger partial charge in [-0.3, -0.25) is 4.79 Å². The molecule has 0 amide bonds. The number of rotatable bonds is 12. The minimum absolute atomic E-state index is 0.173. The molecule has 0 bridgehead atoms. The number of sulfonamides is 1. The summed E-state index contributed by atoms with van der Waals surface area (Å²) >= 11 is 0. The van der Waals surface area contributed by atoms with Crippen LogP contribution in [-0.2, 0) is 14.8 Å². The van der Waals surface area contributed by atoms with Crippen LogP contribution in [-0.4, -0.2) is 76.8 Å². The first-order chi connectivity index (χ1) is 17.1. The van der Waals surface area contributed by atoms with Gasteiger partial charge in [-0.05, 0) is 101 Å². The lowest BCUT2D eigenvalue weighted by Gasteiger charge is -2.32. The molecule has 0 radical (unpaired) electrons. The predicted octanol–water partition coefficient (Wildman–Crippen LogP) is 4.16. The zero-order valence-corrected chi connectivity index (χ0v) is 23.8. The summed E-state index contributed by atoms with van der Waals surface area (Å²) in [4.78, 5) is 15.4. The van der Waals surface area contributed by atoms with Crippen molar-refractivity contribution in [2.45, 2.75) is 82.6 Å². The van der Waals surface area contributed by atoms with Crippen LogP contribution < -0.4 is 10.1 Å². The van der Waals surface area contributed by atoms with Gasteiger partial charge < -0.3 is 15.0 Å². The monoisotopic (exact) mass is 521 g/mol. The summed E-state index contributed by atoms with van der Waals surface area (Å²) in [6.07, 6.45) is 9.28. The molecule has 1 unspecified atom stereocenters. The third-order valence-electron chi connectivity index (χ3n) is 8.14. The van der Waals surface area contributed by atoms with E-state index in [2.05, 4.69) is 17.3 Å². The van der Waals surface area contributed by atoms with E-state index in [1.807, 2.05) is 0 Å². The van der Waals surface area contributed by atoms with Gasteiger partial charge in [0.2, 0.25) is 10.0 Å². The summed E-state index contributed by atoms with van der Waals surface area (Å²) in [5, 5.41) is 3.75. The van der Waals surface area contributed by atoms with Gasteiger partial charge in [0.05, 0.1) is 12.0 Å². The Morgan fingerprint density at radius 2 is 1.75 bits per heavy atom. The minimum Gasteiger partial charge on any atom is -0.497 e. The molecule has 1 aliphatic carbocycles. The van der Waals surface area contributed by atoms with Crippen molar-refractivity contribution < 1.29 is 17.9 Å². The number of methoxy groups -OCH3 is 1. The summed E-state index contributed by atoms with van der Waals surface area (Å²) in [5.41, 5.74) is 1.31. The van der Waals surface area contributed by atoms with E-state index < -0.39 is 10.0 Å². The van der Waals surface area contributed by atoms with Crippen LogP contribution in [0.3, 0.4) is 0 Å². The second-order valence-electron chi connectivity index (χ2n) is 11.1. The number of piperidine rings is 1. The number of ketones is 1. The largest absolute Gasteiger partial charge is 0.497 e. The molecule has 1 aromatic rings. The van der Waals surface area contributed by atoms with E-state index in [-0.39, 0.29) is 18.7 Å². The van der Waals surface area contributed by atoms with Gasteiger partial charge in [-0.25, -0.2) is 12.7 Å². The van der Waals surface area contributed by atoms with Gasteiger partial charge in [0.25, 0.3) is 0 Å². The molecule has 36 heavy (non-hydrogen) atoms. The molecule has 1 saturated carbocycles. The van der Waals surface area contributed by atoms with Gasteiger partial charge in [-0.2, -0.15) is 0 Å². The van der Waals surface area contributed by atoms with Crippen LogP contribution in [0.25, 0.3) is 0 Å². The Morgan fingerprint density at radius 1 is 1.11 bits per heavy atom. The molecular formula is C28H47N3O4S. The molecule has 1 N–H and O–H groups in total. The number of nitrogens with zero attached hydrogens (tertiary/aromatic N) is 2. The minimum atomic E-state index is -3.66. The molecule has 1 saturated heterocycles. The predicted molar refractivity (Wildman–Crippen MR) is 145 cm³/mol. The van der Waals surface area contributed by atoms with E-state index in [1.54, 1.807) is 40.1 Å². The van der Waals surface area contributed by atoms with Crippen molar-refractivity contribution in [3.63, 3.8) is 0 Å². The Hall–Kier alpha value is -1.48. The summed E-state index contributed by atoms with van der Waals surface area (Å²) in [5.74, 6) is 2.02. The number of likely N-dealkylation sites (N-methyl/N-ethyl adjacent to an activating group) is 1. The fourth-order valence-corrected chi connectivity index (χ4v) is 7.54. The lowest BCUT2D eigenvalue weighted by Crippen LogP contribution is -2.44. The molecule has 1 atom stereocenters. The molecule has 0 aromatic heterocycles. The van der Waals surface area contributed by atoms with Crippen LogP contribution in [0.15, 0.2) is 17.0 Å². The van der Waals surface area contributed by atoms with E-state index in [0.717, 1.165) is 31.8 Å². The van der Waals surface area contributed by atoms with Crippen LogP contribution in [0, 0.1) is 25.7 Å². The molecule has 7 nitrogen and oxygen atoms in total. The Bertz CT molecular complexity index is 950. The molecular weight excluding hydrogens is 474 g/mol. The number of nitrogens with one attached hydrogen (secondary N) is 1. The second kappa shape index (κ2) is 13.4. The molecule has 3 rings (SSSR count). The summed E-state index contributed by atoms with van der Waals surface area (Å²) in [6, 6.07) is 4.11. The molecule has 8 heteroatoms. The van der Waals surface area contributed by atoms with Gasteiger partial charge in [0.1, 0.15) is 11.5 Å². The molecule has 2 fully saturated rings. The van der Waals surface area contributed by atoms with Crippen molar-refractivity contribution in [3.05, 3.63) is 23.3 Å². The number of Topliss-reactive ketones (excluding diaryl/α,β-unsaturated/α-hetero) is 1. The quantitative estimate of drug-likeness (QED) is 0.445. The van der Waals surface area contributed by atoms with E-state index >= 15 is 0 Å². The Labute approximate surface area is 219 Å². The normalized spacial score (nSPS) is 23.7. The van der Waals surface area contributed by atoms with Gasteiger partial charge in [-0.1, -0.05) is 12.8 Å². The molecule has 1 aromatic carbocycles. The van der Waals surface area contributed by atoms with Crippen LogP contribution in [0.4, 0.5) is 0 Å².